The molecule has 1 aromatic heterocycles. The van der Waals surface area contributed by atoms with Crippen LogP contribution >= 0.6 is 0 Å². The van der Waals surface area contributed by atoms with Gasteiger partial charge in [-0.05, 0) is 37.0 Å². The normalized spacial score (nSPS) is 16.7. The summed E-state index contributed by atoms with van der Waals surface area (Å²) in [6.45, 7) is 2.58. The van der Waals surface area contributed by atoms with Crippen molar-refractivity contribution in [1.29, 1.82) is 0 Å². The first-order valence-corrected chi connectivity index (χ1v) is 8.89. The van der Waals surface area contributed by atoms with Gasteiger partial charge in [-0.25, -0.2) is 0 Å². The van der Waals surface area contributed by atoms with Crippen LogP contribution in [0.1, 0.15) is 36.5 Å². The Morgan fingerprint density at radius 2 is 2.00 bits per heavy atom. The number of aromatic nitrogens is 2. The average Bonchev–Trinajstić information content (AvgIpc) is 3.28. The summed E-state index contributed by atoms with van der Waals surface area (Å²) in [4.78, 5) is 19.1. The van der Waals surface area contributed by atoms with Gasteiger partial charge in [-0.2, -0.15) is 4.98 Å². The van der Waals surface area contributed by atoms with Crippen LogP contribution < -0.4 is 9.47 Å². The van der Waals surface area contributed by atoms with Crippen molar-refractivity contribution < 1.29 is 18.8 Å². The summed E-state index contributed by atoms with van der Waals surface area (Å²) in [6, 6.07) is 5.80. The van der Waals surface area contributed by atoms with Crippen LogP contribution in [-0.4, -0.2) is 47.8 Å². The number of likely N-dealkylation sites (tertiary alicyclic amines) is 1. The minimum Gasteiger partial charge on any atom is -0.497 e. The van der Waals surface area contributed by atoms with Gasteiger partial charge in [0.1, 0.15) is 11.5 Å². The van der Waals surface area contributed by atoms with E-state index in [4.69, 9.17) is 14.0 Å². The highest BCUT2D eigenvalue weighted by Gasteiger charge is 2.28. The summed E-state index contributed by atoms with van der Waals surface area (Å²) < 4.78 is 15.6. The minimum atomic E-state index is 0.132. The Kier molecular flexibility index (Phi) is 5.75. The highest BCUT2D eigenvalue weighted by Crippen LogP contribution is 2.26. The first kappa shape index (κ1) is 18.2. The molecule has 2 heterocycles. The van der Waals surface area contributed by atoms with Crippen LogP contribution in [0.25, 0.3) is 0 Å². The molecule has 0 aliphatic carbocycles. The third-order valence-electron chi connectivity index (χ3n) is 4.73. The number of nitrogens with zero attached hydrogens (tertiary/aromatic N) is 3. The average molecular weight is 359 g/mol. The smallest absolute Gasteiger partial charge is 0.227 e. The van der Waals surface area contributed by atoms with Gasteiger partial charge in [0.05, 0.1) is 20.6 Å². The van der Waals surface area contributed by atoms with E-state index in [0.29, 0.717) is 29.6 Å². The van der Waals surface area contributed by atoms with Crippen molar-refractivity contribution in [1.82, 2.24) is 15.0 Å². The van der Waals surface area contributed by atoms with Crippen LogP contribution in [0.15, 0.2) is 22.7 Å². The second-order valence-corrected chi connectivity index (χ2v) is 6.55. The van der Waals surface area contributed by atoms with Gasteiger partial charge in [0.2, 0.25) is 11.8 Å². The summed E-state index contributed by atoms with van der Waals surface area (Å²) in [5, 5.41) is 3.94. The number of hydrogen-bond donors (Lipinski definition) is 0. The lowest BCUT2D eigenvalue weighted by molar-refractivity contribution is -0.131. The van der Waals surface area contributed by atoms with Gasteiger partial charge in [0.15, 0.2) is 5.82 Å². The van der Waals surface area contributed by atoms with E-state index in [0.717, 1.165) is 37.8 Å². The first-order chi connectivity index (χ1) is 12.6. The Labute approximate surface area is 153 Å². The zero-order chi connectivity index (χ0) is 18.5. The zero-order valence-electron chi connectivity index (χ0n) is 15.5. The predicted octanol–water partition coefficient (Wildman–Crippen LogP) is 2.56. The molecule has 0 saturated carbocycles. The summed E-state index contributed by atoms with van der Waals surface area (Å²) in [7, 11) is 3.22. The molecule has 1 fully saturated rings. The number of rotatable bonds is 7. The Balaban J connectivity index is 1.62. The predicted molar refractivity (Wildman–Crippen MR) is 95.3 cm³/mol. The van der Waals surface area contributed by atoms with Crippen molar-refractivity contribution in [3.05, 3.63) is 35.5 Å². The molecule has 1 aromatic carbocycles. The van der Waals surface area contributed by atoms with Crippen molar-refractivity contribution >= 4 is 5.91 Å². The minimum absolute atomic E-state index is 0.132. The third-order valence-corrected chi connectivity index (χ3v) is 4.73. The van der Waals surface area contributed by atoms with Crippen LogP contribution in [0.4, 0.5) is 0 Å². The molecule has 2 aromatic rings. The molecule has 0 radical (unpaired) electrons. The number of carbonyl (C=O) groups excluding carboxylic acids is 1. The molecule has 1 aliphatic heterocycles. The molecule has 3 rings (SSSR count). The maximum absolute atomic E-state index is 12.8. The largest absolute Gasteiger partial charge is 0.497 e. The molecule has 1 aliphatic rings. The maximum atomic E-state index is 12.8. The van der Waals surface area contributed by atoms with Gasteiger partial charge in [-0.1, -0.05) is 5.16 Å². The standard InChI is InChI=1S/C19H25N3O4/c1-13-20-18(21-26-13)7-6-15-5-4-8-22(15)19(23)11-14-9-16(24-2)12-17(10-14)25-3/h9-10,12,15H,4-8,11H2,1-3H3. The Hall–Kier alpha value is -2.57. The lowest BCUT2D eigenvalue weighted by Crippen LogP contribution is -2.36. The second-order valence-electron chi connectivity index (χ2n) is 6.55. The van der Waals surface area contributed by atoms with Crippen molar-refractivity contribution in [3.8, 4) is 11.5 Å². The van der Waals surface area contributed by atoms with Crippen molar-refractivity contribution in [2.24, 2.45) is 0 Å². The Morgan fingerprint density at radius 1 is 1.27 bits per heavy atom. The molecule has 7 nitrogen and oxygen atoms in total. The molecule has 1 atom stereocenters. The number of carbonyl (C=O) groups is 1. The fourth-order valence-corrected chi connectivity index (χ4v) is 3.45. The lowest BCUT2D eigenvalue weighted by atomic mass is 10.1. The molecule has 26 heavy (non-hydrogen) atoms. The van der Waals surface area contributed by atoms with Gasteiger partial charge >= 0.3 is 0 Å². The van der Waals surface area contributed by atoms with Crippen molar-refractivity contribution in [3.63, 3.8) is 0 Å². The van der Waals surface area contributed by atoms with Crippen LogP contribution in [-0.2, 0) is 17.6 Å². The number of hydrogen-bond acceptors (Lipinski definition) is 6. The monoisotopic (exact) mass is 359 g/mol. The number of ether oxygens (including phenoxy) is 2. The molecule has 1 amide bonds. The van der Waals surface area contributed by atoms with Crippen molar-refractivity contribution in [2.45, 2.75) is 45.1 Å². The first-order valence-electron chi connectivity index (χ1n) is 8.89. The van der Waals surface area contributed by atoms with E-state index >= 15 is 0 Å². The Bertz CT molecular complexity index is 737. The van der Waals surface area contributed by atoms with Crippen molar-refractivity contribution in [2.75, 3.05) is 20.8 Å². The SMILES string of the molecule is COc1cc(CC(=O)N2CCCC2CCc2noc(C)n2)cc(OC)c1. The van der Waals surface area contributed by atoms with Crippen LogP contribution in [0.2, 0.25) is 0 Å². The van der Waals surface area contributed by atoms with Crippen LogP contribution in [0.5, 0.6) is 11.5 Å². The number of methoxy groups -OCH3 is 2. The van der Waals surface area contributed by atoms with E-state index in [1.54, 1.807) is 27.2 Å². The van der Waals surface area contributed by atoms with Gasteiger partial charge in [-0.15, -0.1) is 0 Å². The molecule has 1 saturated heterocycles. The summed E-state index contributed by atoms with van der Waals surface area (Å²) in [5.74, 6) is 2.80. The molecule has 0 spiro atoms. The fourth-order valence-electron chi connectivity index (χ4n) is 3.45. The van der Waals surface area contributed by atoms with Crippen LogP contribution in [0.3, 0.4) is 0 Å². The van der Waals surface area contributed by atoms with E-state index in [-0.39, 0.29) is 11.9 Å². The molecule has 0 N–H and O–H groups in total. The van der Waals surface area contributed by atoms with E-state index in [1.165, 1.54) is 0 Å². The summed E-state index contributed by atoms with van der Waals surface area (Å²) >= 11 is 0. The molecule has 7 heteroatoms. The summed E-state index contributed by atoms with van der Waals surface area (Å²) in [6.07, 6.45) is 3.96. The number of amides is 1. The lowest BCUT2D eigenvalue weighted by Gasteiger charge is -2.24. The number of benzene rings is 1. The van der Waals surface area contributed by atoms with Crippen LogP contribution in [0, 0.1) is 6.92 Å². The highest BCUT2D eigenvalue weighted by atomic mass is 16.5. The maximum Gasteiger partial charge on any atom is 0.227 e. The fraction of sp³-hybridized carbons (Fsp3) is 0.526. The zero-order valence-corrected chi connectivity index (χ0v) is 15.5. The second kappa shape index (κ2) is 8.21. The molecule has 140 valence electrons. The molecular formula is C19H25N3O4. The van der Waals surface area contributed by atoms with Gasteiger partial charge in [-0.3, -0.25) is 4.79 Å². The molecule has 1 unspecified atom stereocenters. The molecular weight excluding hydrogens is 334 g/mol. The topological polar surface area (TPSA) is 77.7 Å². The third kappa shape index (κ3) is 4.33. The van der Waals surface area contributed by atoms with E-state index in [2.05, 4.69) is 10.1 Å². The van der Waals surface area contributed by atoms with E-state index < -0.39 is 0 Å². The van der Waals surface area contributed by atoms with E-state index in [9.17, 15) is 4.79 Å². The van der Waals surface area contributed by atoms with Gasteiger partial charge < -0.3 is 18.9 Å². The van der Waals surface area contributed by atoms with E-state index in [1.807, 2.05) is 17.0 Å². The Morgan fingerprint density at radius 3 is 2.62 bits per heavy atom. The highest BCUT2D eigenvalue weighted by molar-refractivity contribution is 5.79. The quantitative estimate of drug-likeness (QED) is 0.756. The van der Waals surface area contributed by atoms with Gasteiger partial charge in [0.25, 0.3) is 0 Å². The summed E-state index contributed by atoms with van der Waals surface area (Å²) in [5.41, 5.74) is 0.894. The molecule has 0 bridgehead atoms. The number of aryl methyl sites for hydroxylation is 2. The van der Waals surface area contributed by atoms with Gasteiger partial charge in [0, 0.05) is 32.0 Å².